The number of hydrogen-bond donors (Lipinski definition) is 3. The van der Waals surface area contributed by atoms with Crippen molar-refractivity contribution in [3.8, 4) is 0 Å². The summed E-state index contributed by atoms with van der Waals surface area (Å²) in [5, 5.41) is 13.5. The average Bonchev–Trinajstić information content (AvgIpc) is 2.47. The zero-order valence-corrected chi connectivity index (χ0v) is 14.3. The van der Waals surface area contributed by atoms with Crippen LogP contribution in [0.4, 0.5) is 0 Å². The first-order valence-corrected chi connectivity index (χ1v) is 8.99. The Morgan fingerprint density at radius 1 is 1.10 bits per heavy atom. The van der Waals surface area contributed by atoms with Crippen LogP contribution in [0.3, 0.4) is 0 Å². The normalized spacial score (nSPS) is 38.4. The Balaban J connectivity index is 1.96. The maximum absolute atomic E-state index is 9.63. The van der Waals surface area contributed by atoms with Gasteiger partial charge in [0.05, 0.1) is 0 Å². The molecule has 0 radical (unpaired) electrons. The van der Waals surface area contributed by atoms with Crippen LogP contribution >= 0.6 is 0 Å². The first kappa shape index (κ1) is 17.2. The van der Waals surface area contributed by atoms with E-state index in [1.54, 1.807) is 0 Å². The molecule has 124 valence electrons. The molecule has 0 aromatic carbocycles. The molecule has 2 unspecified atom stereocenters. The fourth-order valence-corrected chi connectivity index (χ4v) is 4.45. The van der Waals surface area contributed by atoms with Gasteiger partial charge in [0.15, 0.2) is 0 Å². The van der Waals surface area contributed by atoms with Crippen molar-refractivity contribution in [2.45, 2.75) is 83.7 Å². The highest BCUT2D eigenvalue weighted by molar-refractivity contribution is 4.99. The molecule has 3 heteroatoms. The van der Waals surface area contributed by atoms with Gasteiger partial charge in [-0.15, -0.1) is 0 Å². The van der Waals surface area contributed by atoms with Gasteiger partial charge in [0.25, 0.3) is 0 Å². The molecule has 21 heavy (non-hydrogen) atoms. The third kappa shape index (κ3) is 4.20. The van der Waals surface area contributed by atoms with Crippen molar-refractivity contribution >= 4 is 0 Å². The topological polar surface area (TPSA) is 58.3 Å². The summed E-state index contributed by atoms with van der Waals surface area (Å²) >= 11 is 0. The molecule has 4 N–H and O–H groups in total. The summed E-state index contributed by atoms with van der Waals surface area (Å²) in [5.74, 6) is 1.25. The molecule has 0 aromatic rings. The molecule has 2 atom stereocenters. The van der Waals surface area contributed by atoms with Crippen molar-refractivity contribution in [1.82, 2.24) is 5.32 Å². The molecule has 0 amide bonds. The van der Waals surface area contributed by atoms with Crippen molar-refractivity contribution in [3.05, 3.63) is 0 Å². The molecular formula is C18H36N2O. The van der Waals surface area contributed by atoms with Crippen LogP contribution in [0.2, 0.25) is 0 Å². The summed E-state index contributed by atoms with van der Waals surface area (Å²) in [6.07, 6.45) is 9.88. The minimum Gasteiger partial charge on any atom is -0.396 e. The van der Waals surface area contributed by atoms with Crippen LogP contribution in [-0.2, 0) is 0 Å². The summed E-state index contributed by atoms with van der Waals surface area (Å²) in [7, 11) is 0. The number of rotatable bonds is 4. The van der Waals surface area contributed by atoms with Crippen LogP contribution in [-0.4, -0.2) is 29.8 Å². The molecule has 3 nitrogen and oxygen atoms in total. The van der Waals surface area contributed by atoms with Gasteiger partial charge in [0.1, 0.15) is 0 Å². The van der Waals surface area contributed by atoms with Gasteiger partial charge in [0.2, 0.25) is 0 Å². The molecule has 0 aliphatic heterocycles. The monoisotopic (exact) mass is 296 g/mol. The highest BCUT2D eigenvalue weighted by Gasteiger charge is 2.40. The zero-order valence-electron chi connectivity index (χ0n) is 14.3. The molecule has 2 saturated carbocycles. The number of aliphatic hydroxyl groups excluding tert-OH is 1. The Hall–Kier alpha value is -0.120. The Morgan fingerprint density at radius 3 is 2.24 bits per heavy atom. The molecule has 0 saturated heterocycles. The Labute approximate surface area is 131 Å². The summed E-state index contributed by atoms with van der Waals surface area (Å²) in [5.41, 5.74) is 6.71. The maximum Gasteiger partial charge on any atom is 0.0474 e. The minimum absolute atomic E-state index is 0.122. The van der Waals surface area contributed by atoms with E-state index in [-0.39, 0.29) is 5.54 Å². The first-order valence-electron chi connectivity index (χ1n) is 8.99. The number of aliphatic hydroxyl groups is 1. The predicted octanol–water partition coefficient (Wildman–Crippen LogP) is 3.06. The van der Waals surface area contributed by atoms with Gasteiger partial charge in [-0.05, 0) is 55.8 Å². The lowest BCUT2D eigenvalue weighted by Crippen LogP contribution is -2.59. The van der Waals surface area contributed by atoms with Gasteiger partial charge >= 0.3 is 0 Å². The van der Waals surface area contributed by atoms with Crippen molar-refractivity contribution in [2.24, 2.45) is 23.0 Å². The molecule has 2 aliphatic rings. The van der Waals surface area contributed by atoms with Crippen molar-refractivity contribution < 1.29 is 5.11 Å². The lowest BCUT2D eigenvalue weighted by Gasteiger charge is -2.47. The first-order chi connectivity index (χ1) is 9.90. The van der Waals surface area contributed by atoms with Crippen LogP contribution in [0.25, 0.3) is 0 Å². The van der Waals surface area contributed by atoms with Crippen LogP contribution < -0.4 is 11.1 Å². The smallest absolute Gasteiger partial charge is 0.0474 e. The quantitative estimate of drug-likeness (QED) is 0.747. The minimum atomic E-state index is 0.122. The maximum atomic E-state index is 9.63. The van der Waals surface area contributed by atoms with Crippen LogP contribution in [0.15, 0.2) is 0 Å². The summed E-state index contributed by atoms with van der Waals surface area (Å²) in [6, 6.07) is 0.471. The summed E-state index contributed by atoms with van der Waals surface area (Å²) < 4.78 is 0. The molecule has 0 heterocycles. The predicted molar refractivity (Wildman–Crippen MR) is 89.2 cm³/mol. The second-order valence-corrected chi connectivity index (χ2v) is 8.60. The van der Waals surface area contributed by atoms with E-state index in [0.29, 0.717) is 24.0 Å². The van der Waals surface area contributed by atoms with Gasteiger partial charge in [-0.3, -0.25) is 0 Å². The van der Waals surface area contributed by atoms with E-state index in [2.05, 4.69) is 26.1 Å². The summed E-state index contributed by atoms with van der Waals surface area (Å²) in [4.78, 5) is 0. The molecule has 2 aliphatic carbocycles. The molecular weight excluding hydrogens is 260 g/mol. The lowest BCUT2D eigenvalue weighted by atomic mass is 9.67. The van der Waals surface area contributed by atoms with Crippen molar-refractivity contribution in [2.75, 3.05) is 13.2 Å². The molecule has 0 spiro atoms. The van der Waals surface area contributed by atoms with Crippen LogP contribution in [0, 0.1) is 17.3 Å². The van der Waals surface area contributed by atoms with Gasteiger partial charge in [0, 0.05) is 24.7 Å². The molecule has 2 rings (SSSR count). The van der Waals surface area contributed by atoms with E-state index in [0.717, 1.165) is 12.5 Å². The van der Waals surface area contributed by atoms with Crippen molar-refractivity contribution in [3.63, 3.8) is 0 Å². The van der Waals surface area contributed by atoms with E-state index in [9.17, 15) is 5.11 Å². The largest absolute Gasteiger partial charge is 0.396 e. The SMILES string of the molecule is CC(C)(C)C1CCC(CN)(NC2CCCCC2CO)CC1. The van der Waals surface area contributed by atoms with E-state index < -0.39 is 0 Å². The van der Waals surface area contributed by atoms with Gasteiger partial charge in [-0.1, -0.05) is 33.6 Å². The third-order valence-electron chi connectivity index (χ3n) is 6.19. The van der Waals surface area contributed by atoms with Gasteiger partial charge in [-0.25, -0.2) is 0 Å². The second-order valence-electron chi connectivity index (χ2n) is 8.60. The molecule has 0 bridgehead atoms. The highest BCUT2D eigenvalue weighted by atomic mass is 16.3. The number of nitrogens with two attached hydrogens (primary N) is 1. The van der Waals surface area contributed by atoms with E-state index in [4.69, 9.17) is 5.73 Å². The standard InChI is InChI=1S/C18H36N2O/c1-17(2,3)15-8-10-18(13-19,11-9-15)20-16-7-5-4-6-14(16)12-21/h14-16,20-21H,4-13,19H2,1-3H3. The van der Waals surface area contributed by atoms with Crippen molar-refractivity contribution in [1.29, 1.82) is 0 Å². The number of hydrogen-bond acceptors (Lipinski definition) is 3. The second kappa shape index (κ2) is 6.97. The van der Waals surface area contributed by atoms with Crippen LogP contribution in [0.5, 0.6) is 0 Å². The fraction of sp³-hybridized carbons (Fsp3) is 1.00. The van der Waals surface area contributed by atoms with E-state index in [1.807, 2.05) is 0 Å². The van der Waals surface area contributed by atoms with E-state index in [1.165, 1.54) is 51.4 Å². The van der Waals surface area contributed by atoms with Crippen LogP contribution in [0.1, 0.15) is 72.1 Å². The Bertz CT molecular complexity index is 316. The fourth-order valence-electron chi connectivity index (χ4n) is 4.45. The lowest BCUT2D eigenvalue weighted by molar-refractivity contribution is 0.0800. The summed E-state index contributed by atoms with van der Waals surface area (Å²) in [6.45, 7) is 8.15. The van der Waals surface area contributed by atoms with Gasteiger partial charge < -0.3 is 16.2 Å². The third-order valence-corrected chi connectivity index (χ3v) is 6.19. The molecule has 0 aromatic heterocycles. The number of nitrogens with one attached hydrogen (secondary N) is 1. The Morgan fingerprint density at radius 2 is 1.71 bits per heavy atom. The zero-order chi connectivity index (χ0) is 15.5. The van der Waals surface area contributed by atoms with E-state index >= 15 is 0 Å². The highest BCUT2D eigenvalue weighted by Crippen LogP contribution is 2.42. The molecule has 2 fully saturated rings. The Kier molecular flexibility index (Phi) is 5.72. The average molecular weight is 296 g/mol. The van der Waals surface area contributed by atoms with Gasteiger partial charge in [-0.2, -0.15) is 0 Å².